The SMILES string of the molecule is CCOC(=O)/C=C/C(=C\c1c(C)c(C)c(C)c(C)c1C)C(=O)OCC. The van der Waals surface area contributed by atoms with Crippen LogP contribution in [0.25, 0.3) is 6.08 Å². The normalized spacial score (nSPS) is 11.7. The summed E-state index contributed by atoms with van der Waals surface area (Å²) in [5.74, 6) is -0.944. The van der Waals surface area contributed by atoms with Gasteiger partial charge in [-0.1, -0.05) is 0 Å². The number of hydrogen-bond acceptors (Lipinski definition) is 4. The highest BCUT2D eigenvalue weighted by Crippen LogP contribution is 2.28. The van der Waals surface area contributed by atoms with Crippen LogP contribution in [-0.2, 0) is 19.1 Å². The monoisotopic (exact) mass is 344 g/mol. The van der Waals surface area contributed by atoms with Gasteiger partial charge < -0.3 is 9.47 Å². The van der Waals surface area contributed by atoms with Crippen LogP contribution in [0.2, 0.25) is 0 Å². The number of carbonyl (C=O) groups is 2. The highest BCUT2D eigenvalue weighted by atomic mass is 16.5. The Kier molecular flexibility index (Phi) is 7.62. The van der Waals surface area contributed by atoms with Crippen molar-refractivity contribution in [2.75, 3.05) is 13.2 Å². The molecule has 0 aliphatic heterocycles. The van der Waals surface area contributed by atoms with Crippen LogP contribution >= 0.6 is 0 Å². The zero-order valence-corrected chi connectivity index (χ0v) is 16.3. The van der Waals surface area contributed by atoms with Gasteiger partial charge in [-0.2, -0.15) is 0 Å². The van der Waals surface area contributed by atoms with Gasteiger partial charge in [0, 0.05) is 6.08 Å². The fourth-order valence-electron chi connectivity index (χ4n) is 2.64. The first-order valence-corrected chi connectivity index (χ1v) is 8.55. The smallest absolute Gasteiger partial charge is 0.338 e. The molecule has 0 aliphatic rings. The van der Waals surface area contributed by atoms with Gasteiger partial charge in [0.2, 0.25) is 0 Å². The zero-order valence-electron chi connectivity index (χ0n) is 16.3. The van der Waals surface area contributed by atoms with E-state index >= 15 is 0 Å². The van der Waals surface area contributed by atoms with Crippen molar-refractivity contribution >= 4 is 18.0 Å². The molecule has 25 heavy (non-hydrogen) atoms. The first kappa shape index (κ1) is 20.7. The van der Waals surface area contributed by atoms with Gasteiger partial charge in [-0.3, -0.25) is 0 Å². The molecule has 0 radical (unpaired) electrons. The molecule has 1 aromatic carbocycles. The molecule has 0 unspecified atom stereocenters. The molecular weight excluding hydrogens is 316 g/mol. The molecule has 0 saturated heterocycles. The lowest BCUT2D eigenvalue weighted by Gasteiger charge is -2.17. The minimum Gasteiger partial charge on any atom is -0.463 e. The van der Waals surface area contributed by atoms with Gasteiger partial charge in [-0.25, -0.2) is 9.59 Å². The van der Waals surface area contributed by atoms with E-state index in [0.29, 0.717) is 5.57 Å². The Labute approximate surface area is 150 Å². The molecule has 0 aromatic heterocycles. The summed E-state index contributed by atoms with van der Waals surface area (Å²) in [6, 6.07) is 0. The molecule has 0 bridgehead atoms. The number of esters is 2. The summed E-state index contributed by atoms with van der Waals surface area (Å²) < 4.78 is 10.0. The van der Waals surface area contributed by atoms with E-state index in [2.05, 4.69) is 20.8 Å². The van der Waals surface area contributed by atoms with E-state index in [-0.39, 0.29) is 13.2 Å². The zero-order chi connectivity index (χ0) is 19.1. The molecule has 136 valence electrons. The van der Waals surface area contributed by atoms with Crippen molar-refractivity contribution < 1.29 is 19.1 Å². The van der Waals surface area contributed by atoms with E-state index in [0.717, 1.165) is 16.7 Å². The molecule has 0 atom stereocenters. The third-order valence-corrected chi connectivity index (χ3v) is 4.55. The third kappa shape index (κ3) is 5.05. The second-order valence-electron chi connectivity index (χ2n) is 5.94. The Hall–Kier alpha value is -2.36. The molecule has 0 saturated carbocycles. The first-order valence-electron chi connectivity index (χ1n) is 8.55. The Morgan fingerprint density at radius 3 is 1.72 bits per heavy atom. The molecule has 1 rings (SSSR count). The molecule has 0 aliphatic carbocycles. The van der Waals surface area contributed by atoms with Crippen molar-refractivity contribution in [3.63, 3.8) is 0 Å². The van der Waals surface area contributed by atoms with Gasteiger partial charge >= 0.3 is 11.9 Å². The van der Waals surface area contributed by atoms with Crippen LogP contribution in [0.3, 0.4) is 0 Å². The lowest BCUT2D eigenvalue weighted by Crippen LogP contribution is -2.08. The molecule has 0 amide bonds. The molecular formula is C21H28O4. The maximum absolute atomic E-state index is 12.3. The van der Waals surface area contributed by atoms with Crippen LogP contribution < -0.4 is 0 Å². The second kappa shape index (κ2) is 9.21. The summed E-state index contributed by atoms with van der Waals surface area (Å²) in [5, 5.41) is 0. The summed E-state index contributed by atoms with van der Waals surface area (Å²) in [6.45, 7) is 14.4. The summed E-state index contributed by atoms with van der Waals surface area (Å²) >= 11 is 0. The van der Waals surface area contributed by atoms with Crippen LogP contribution in [0.5, 0.6) is 0 Å². The van der Waals surface area contributed by atoms with Crippen molar-refractivity contribution in [2.45, 2.75) is 48.5 Å². The lowest BCUT2D eigenvalue weighted by molar-refractivity contribution is -0.138. The topological polar surface area (TPSA) is 52.6 Å². The minimum absolute atomic E-state index is 0.271. The van der Waals surface area contributed by atoms with Gasteiger partial charge in [0.25, 0.3) is 0 Å². The molecule has 1 aromatic rings. The summed E-state index contributed by atoms with van der Waals surface area (Å²) in [7, 11) is 0. The van der Waals surface area contributed by atoms with Gasteiger partial charge in [-0.15, -0.1) is 0 Å². The summed E-state index contributed by atoms with van der Waals surface area (Å²) in [5.41, 5.74) is 7.20. The second-order valence-corrected chi connectivity index (χ2v) is 5.94. The van der Waals surface area contributed by atoms with Gasteiger partial charge in [-0.05, 0) is 94.0 Å². The highest BCUT2D eigenvalue weighted by molar-refractivity contribution is 5.99. The van der Waals surface area contributed by atoms with E-state index in [1.165, 1.54) is 28.8 Å². The Bertz CT molecular complexity index is 695. The highest BCUT2D eigenvalue weighted by Gasteiger charge is 2.14. The van der Waals surface area contributed by atoms with Gasteiger partial charge in [0.1, 0.15) is 0 Å². The number of ether oxygens (including phenoxy) is 2. The Morgan fingerprint density at radius 1 is 0.760 bits per heavy atom. The van der Waals surface area contributed by atoms with Crippen LogP contribution in [0.15, 0.2) is 17.7 Å². The molecule has 4 heteroatoms. The minimum atomic E-state index is -0.484. The van der Waals surface area contributed by atoms with Crippen molar-refractivity contribution in [3.05, 3.63) is 51.1 Å². The van der Waals surface area contributed by atoms with Crippen molar-refractivity contribution in [2.24, 2.45) is 0 Å². The quantitative estimate of drug-likeness (QED) is 0.439. The average Bonchev–Trinajstić information content (AvgIpc) is 2.58. The van der Waals surface area contributed by atoms with Crippen molar-refractivity contribution in [3.8, 4) is 0 Å². The van der Waals surface area contributed by atoms with E-state index in [9.17, 15) is 9.59 Å². The van der Waals surface area contributed by atoms with Gasteiger partial charge in [0.05, 0.1) is 18.8 Å². The predicted octanol–water partition coefficient (Wildman–Crippen LogP) is 4.29. The predicted molar refractivity (Wildman–Crippen MR) is 101 cm³/mol. The molecule has 4 nitrogen and oxygen atoms in total. The van der Waals surface area contributed by atoms with E-state index in [1.54, 1.807) is 19.9 Å². The van der Waals surface area contributed by atoms with Crippen molar-refractivity contribution in [1.29, 1.82) is 0 Å². The number of rotatable bonds is 6. The fraction of sp³-hybridized carbons (Fsp3) is 0.429. The molecule has 0 N–H and O–H groups in total. The first-order chi connectivity index (χ1) is 11.7. The van der Waals surface area contributed by atoms with Gasteiger partial charge in [0.15, 0.2) is 0 Å². The molecule has 0 fully saturated rings. The molecule has 0 heterocycles. The fourth-order valence-corrected chi connectivity index (χ4v) is 2.64. The van der Waals surface area contributed by atoms with Crippen LogP contribution in [0.4, 0.5) is 0 Å². The number of carbonyl (C=O) groups excluding carboxylic acids is 2. The largest absolute Gasteiger partial charge is 0.463 e. The lowest BCUT2D eigenvalue weighted by atomic mass is 9.88. The van der Waals surface area contributed by atoms with Crippen LogP contribution in [0, 0.1) is 34.6 Å². The van der Waals surface area contributed by atoms with E-state index in [4.69, 9.17) is 9.47 Å². The van der Waals surface area contributed by atoms with Crippen LogP contribution in [0.1, 0.15) is 47.2 Å². The van der Waals surface area contributed by atoms with E-state index < -0.39 is 11.9 Å². The Morgan fingerprint density at radius 2 is 1.24 bits per heavy atom. The summed E-state index contributed by atoms with van der Waals surface area (Å²) in [4.78, 5) is 23.9. The maximum Gasteiger partial charge on any atom is 0.338 e. The summed E-state index contributed by atoms with van der Waals surface area (Å²) in [6.07, 6.45) is 4.50. The third-order valence-electron chi connectivity index (χ3n) is 4.55. The maximum atomic E-state index is 12.3. The van der Waals surface area contributed by atoms with Crippen LogP contribution in [-0.4, -0.2) is 25.2 Å². The van der Waals surface area contributed by atoms with Crippen molar-refractivity contribution in [1.82, 2.24) is 0 Å². The average molecular weight is 344 g/mol. The number of benzene rings is 1. The standard InChI is InChI=1S/C21H28O4/c1-8-24-20(22)11-10-18(21(23)25-9-2)12-19-16(6)14(4)13(3)15(5)17(19)7/h10-12H,8-9H2,1-7H3/b11-10+,18-12+. The van der Waals surface area contributed by atoms with E-state index in [1.807, 2.05) is 13.8 Å². The molecule has 0 spiro atoms. The number of hydrogen-bond donors (Lipinski definition) is 0. The Balaban J connectivity index is 3.45.